The number of hydrogen-bond acceptors (Lipinski definition) is 22. The maximum atomic E-state index is 12.9. The number of alkyl halides is 3. The molecule has 0 saturated carbocycles. The summed E-state index contributed by atoms with van der Waals surface area (Å²) < 4.78 is 75.6. The number of rotatable bonds is 38. The van der Waals surface area contributed by atoms with E-state index in [0.29, 0.717) is 32.6 Å². The number of carbonyl (C=O) groups excluding carboxylic acids is 14. The predicted molar refractivity (Wildman–Crippen MR) is 354 cm³/mol. The van der Waals surface area contributed by atoms with Crippen molar-refractivity contribution in [1.29, 1.82) is 0 Å². The van der Waals surface area contributed by atoms with E-state index in [1.807, 2.05) is 34.6 Å². The summed E-state index contributed by atoms with van der Waals surface area (Å²) in [5.74, 6) is -7.34. The van der Waals surface area contributed by atoms with Gasteiger partial charge in [-0.05, 0) is 74.9 Å². The second-order valence-electron chi connectivity index (χ2n) is 24.0. The van der Waals surface area contributed by atoms with Gasteiger partial charge in [0, 0.05) is 62.8 Å². The molecule has 0 fully saturated rings. The van der Waals surface area contributed by atoms with E-state index in [9.17, 15) is 85.4 Å². The van der Waals surface area contributed by atoms with E-state index in [1.165, 1.54) is 54.7 Å². The summed E-state index contributed by atoms with van der Waals surface area (Å²) in [6, 6.07) is 9.67. The Hall–Kier alpha value is -9.96. The molecule has 0 aliphatic carbocycles. The first kappa shape index (κ1) is 84.5. The highest BCUT2D eigenvalue weighted by molar-refractivity contribution is 6.14. The number of aldehydes is 1. The van der Waals surface area contributed by atoms with Crippen LogP contribution in [0.1, 0.15) is 106 Å². The molecular weight excluding hydrogens is 1350 g/mol. The molecule has 6 rings (SSSR count). The van der Waals surface area contributed by atoms with Gasteiger partial charge in [-0.3, -0.25) is 91.5 Å². The molecule has 2 aromatic rings. The highest BCUT2D eigenvalue weighted by Gasteiger charge is 2.29. The van der Waals surface area contributed by atoms with Crippen molar-refractivity contribution < 1.29 is 130 Å². The van der Waals surface area contributed by atoms with E-state index in [1.54, 1.807) is 44.2 Å². The van der Waals surface area contributed by atoms with Gasteiger partial charge < -0.3 is 54.6 Å². The number of carboxylic acid groups (broad SMARTS) is 1. The monoisotopic (exact) mass is 1440 g/mol. The predicted octanol–water partition coefficient (Wildman–Crippen LogP) is 3.97. The van der Waals surface area contributed by atoms with Crippen LogP contribution in [-0.2, 0) is 108 Å². The fourth-order valence-electron chi connectivity index (χ4n) is 9.44. The van der Waals surface area contributed by atoms with Crippen LogP contribution in [0, 0.1) is 17.8 Å². The largest absolute Gasteiger partial charge is 0.481 e. The van der Waals surface area contributed by atoms with Crippen LogP contribution in [0.5, 0.6) is 11.5 Å². The first-order valence-electron chi connectivity index (χ1n) is 33.1. The molecule has 0 spiro atoms. The number of anilines is 2. The molecule has 0 radical (unpaired) electrons. The number of benzene rings is 2. The number of hydrogen-bond donors (Lipinski definition) is 4. The molecule has 6 N–H and O–H groups in total. The normalized spacial score (nSPS) is 15.2. The number of imide groups is 4. The number of carbonyl (C=O) groups is 15. The summed E-state index contributed by atoms with van der Waals surface area (Å²) in [5, 5.41) is 14.7. The third-order valence-corrected chi connectivity index (χ3v) is 14.3. The number of carboxylic acids is 1. The number of quaternary nitrogens is 1. The Kier molecular flexibility index (Phi) is 36.1. The summed E-state index contributed by atoms with van der Waals surface area (Å²) in [4.78, 5) is 180. The average Bonchev–Trinajstić information content (AvgIpc) is 1.84. The zero-order chi connectivity index (χ0) is 77.0. The molecule has 558 valence electrons. The molecule has 4 aliphatic rings. The number of amides is 10. The van der Waals surface area contributed by atoms with Crippen molar-refractivity contribution in [3.63, 3.8) is 0 Å². The molecule has 4 aliphatic heterocycles. The van der Waals surface area contributed by atoms with Crippen LogP contribution in [0.25, 0.3) is 0 Å². The Morgan fingerprint density at radius 3 is 1.15 bits per heavy atom. The van der Waals surface area contributed by atoms with Gasteiger partial charge in [-0.2, -0.15) is 13.2 Å². The minimum Gasteiger partial charge on any atom is -0.481 e. The Bertz CT molecular complexity index is 3410. The number of nitrogens with zero attached hydrogens (tertiary/aromatic N) is 4. The SMILES string of the molecule is CC(C[C@@H](C)Cc1ccc(OC(=O)CCOCCN2C(=O)C=CC2=O)c(NC(=O)CCOCCN2C(=O)C=CC2=O)c1)C(=O)OC(C)(C)C.CC(C[C@@H]([NH3+])Cc1ccc(OC(=O)CCOCCN2C(=O)C=CC2=O)c(NC(=O)CCOCCN2C(=O)C=CC2=O)c1)C(=O)O.O=CC(F)(F)F.[2H]CC. The van der Waals surface area contributed by atoms with Crippen molar-refractivity contribution >= 4 is 101 Å². The van der Waals surface area contributed by atoms with Gasteiger partial charge in [-0.15, -0.1) is 0 Å². The van der Waals surface area contributed by atoms with Crippen molar-refractivity contribution in [3.05, 3.63) is 96.1 Å². The molecule has 0 bridgehead atoms. The third-order valence-electron chi connectivity index (χ3n) is 14.3. The van der Waals surface area contributed by atoms with Crippen LogP contribution < -0.4 is 25.8 Å². The van der Waals surface area contributed by atoms with Crippen LogP contribution in [0.4, 0.5) is 24.5 Å². The highest BCUT2D eigenvalue weighted by Crippen LogP contribution is 2.31. The smallest absolute Gasteiger partial charge is 0.446 e. The van der Waals surface area contributed by atoms with Gasteiger partial charge >= 0.3 is 30.1 Å². The summed E-state index contributed by atoms with van der Waals surface area (Å²) in [6.07, 6.45) is 5.21. The van der Waals surface area contributed by atoms with Crippen molar-refractivity contribution in [2.24, 2.45) is 17.8 Å². The lowest BCUT2D eigenvalue weighted by Crippen LogP contribution is -2.62. The summed E-state index contributed by atoms with van der Waals surface area (Å²) in [7, 11) is 0. The number of esters is 3. The standard InChI is InChI=1S/C35H45N3O11.C30H36N4O11.C2HF3O.C2H6/c1-23(20-24(2)34(45)49-35(3,4)5)21-25-6-7-27(48-33(44)13-17-47-19-15-38-31(42)10-11-32(38)43)26(22-25)36-28(39)12-16-46-18-14-37-29(40)8-9-30(37)41;1-19(30(41)42)16-21(31)17-20-2-3-23(45-29(40)9-13-44-15-11-34-27(38)6-7-28(34)39)22(18-20)32-24(35)8-12-43-14-10-33-25(36)4-5-26(33)37;3-2(4,5)1-6;1-2/h6-11,22-24H,12-21H2,1-5H3,(H,36,39);2-7,18-19,21H,8-17,31H2,1H3,(H,32,35)(H,41,42);1H;1-2H3/p+1/t23-,24?;19?,21-;;/m11../s1/i;;;1D. The molecule has 102 heavy (non-hydrogen) atoms. The maximum Gasteiger partial charge on any atom is 0.446 e. The van der Waals surface area contributed by atoms with Crippen LogP contribution in [0.15, 0.2) is 85.0 Å². The molecule has 0 saturated heterocycles. The quantitative estimate of drug-likeness (QED) is 0.0243. The molecule has 0 aromatic heterocycles. The molecular formula is C69H89F3N7O23+. The highest BCUT2D eigenvalue weighted by atomic mass is 19.4. The molecule has 10 amide bonds. The van der Waals surface area contributed by atoms with Gasteiger partial charge in [0.25, 0.3) is 47.3 Å². The van der Waals surface area contributed by atoms with Gasteiger partial charge in [0.2, 0.25) is 18.1 Å². The molecule has 2 unspecified atom stereocenters. The molecule has 4 atom stereocenters. The van der Waals surface area contributed by atoms with Gasteiger partial charge in [0.05, 0.1) is 134 Å². The minimum absolute atomic E-state index is 0.000347. The van der Waals surface area contributed by atoms with Crippen LogP contribution in [0.2, 0.25) is 0 Å². The first-order valence-corrected chi connectivity index (χ1v) is 32.4. The summed E-state index contributed by atoms with van der Waals surface area (Å²) in [5.41, 5.74) is 5.50. The van der Waals surface area contributed by atoms with Gasteiger partial charge in [0.15, 0.2) is 11.5 Å². The van der Waals surface area contributed by atoms with E-state index in [4.69, 9.17) is 39.3 Å². The number of aliphatic carboxylic acids is 1. The Morgan fingerprint density at radius 2 is 0.843 bits per heavy atom. The Balaban J connectivity index is 0.000000479. The Morgan fingerprint density at radius 1 is 0.529 bits per heavy atom. The number of halogens is 3. The number of nitrogens with one attached hydrogen (secondary N) is 2. The summed E-state index contributed by atoms with van der Waals surface area (Å²) >= 11 is 0. The van der Waals surface area contributed by atoms with Gasteiger partial charge in [0.1, 0.15) is 5.60 Å². The second-order valence-corrected chi connectivity index (χ2v) is 24.0. The lowest BCUT2D eigenvalue weighted by atomic mass is 9.91. The third kappa shape index (κ3) is 32.6. The maximum absolute atomic E-state index is 12.9. The van der Waals surface area contributed by atoms with Crippen LogP contribution >= 0.6 is 0 Å². The van der Waals surface area contributed by atoms with Crippen LogP contribution in [0.3, 0.4) is 0 Å². The average molecular weight is 1440 g/mol. The van der Waals surface area contributed by atoms with Crippen molar-refractivity contribution in [2.75, 3.05) is 89.7 Å². The topological polar surface area (TPSA) is 406 Å². The van der Waals surface area contributed by atoms with E-state index in [2.05, 4.69) is 16.4 Å². The fourth-order valence-corrected chi connectivity index (χ4v) is 9.44. The van der Waals surface area contributed by atoms with E-state index in [0.717, 1.165) is 30.7 Å². The lowest BCUT2D eigenvalue weighted by Gasteiger charge is -2.23. The van der Waals surface area contributed by atoms with E-state index >= 15 is 0 Å². The van der Waals surface area contributed by atoms with Gasteiger partial charge in [-0.1, -0.05) is 46.7 Å². The van der Waals surface area contributed by atoms with E-state index in [-0.39, 0.29) is 151 Å². The fraction of sp³-hybridized carbons (Fsp3) is 0.493. The molecule has 4 heterocycles. The Labute approximate surface area is 588 Å². The number of ether oxygens (including phenoxy) is 7. The van der Waals surface area contributed by atoms with Crippen molar-refractivity contribution in [1.82, 2.24) is 19.6 Å². The van der Waals surface area contributed by atoms with Crippen molar-refractivity contribution in [3.8, 4) is 11.5 Å². The lowest BCUT2D eigenvalue weighted by molar-refractivity contribution is -0.422. The van der Waals surface area contributed by atoms with Gasteiger partial charge in [-0.25, -0.2) is 0 Å². The molecule has 30 nitrogen and oxygen atoms in total. The zero-order valence-electron chi connectivity index (χ0n) is 58.9. The van der Waals surface area contributed by atoms with Crippen LogP contribution in [-0.4, -0.2) is 211 Å². The minimum atomic E-state index is -4.64. The first-order chi connectivity index (χ1) is 48.5. The van der Waals surface area contributed by atoms with Crippen molar-refractivity contribution in [2.45, 2.75) is 125 Å². The van der Waals surface area contributed by atoms with E-state index < -0.39 is 101 Å². The second kappa shape index (κ2) is 43.6. The summed E-state index contributed by atoms with van der Waals surface area (Å²) in [6.45, 7) is 13.6. The molecule has 33 heteroatoms. The zero-order valence-corrected chi connectivity index (χ0v) is 57.9. The molecule has 2 aromatic carbocycles.